The van der Waals surface area contributed by atoms with Crippen LogP contribution in [0.25, 0.3) is 10.1 Å². The minimum absolute atomic E-state index is 0.347. The number of aliphatic hydroxyl groups is 1. The van der Waals surface area contributed by atoms with Crippen LogP contribution in [0.4, 0.5) is 0 Å². The molecule has 3 heteroatoms. The van der Waals surface area contributed by atoms with Crippen molar-refractivity contribution in [2.45, 2.75) is 26.0 Å². The average molecular weight is 271 g/mol. The highest BCUT2D eigenvalue weighted by molar-refractivity contribution is 7.17. The van der Waals surface area contributed by atoms with Crippen LogP contribution >= 0.6 is 11.3 Å². The molecule has 2 heterocycles. The van der Waals surface area contributed by atoms with Gasteiger partial charge in [-0.1, -0.05) is 25.1 Å². The van der Waals surface area contributed by atoms with Gasteiger partial charge in [-0.15, -0.1) is 11.3 Å². The molecule has 0 amide bonds. The molecule has 0 saturated carbocycles. The van der Waals surface area contributed by atoms with Crippen LogP contribution in [0.5, 0.6) is 0 Å². The van der Waals surface area contributed by atoms with Crippen molar-refractivity contribution in [2.75, 3.05) is 0 Å². The summed E-state index contributed by atoms with van der Waals surface area (Å²) in [6, 6.07) is 10.5. The molecule has 98 valence electrons. The van der Waals surface area contributed by atoms with Crippen molar-refractivity contribution in [3.8, 4) is 0 Å². The fourth-order valence-electron chi connectivity index (χ4n) is 2.34. The Bertz CT molecular complexity index is 683. The maximum absolute atomic E-state index is 9.83. The molecule has 3 aromatic rings. The minimum Gasteiger partial charge on any atom is -0.388 e. The second kappa shape index (κ2) is 5.19. The summed E-state index contributed by atoms with van der Waals surface area (Å²) in [5, 5.41) is 13.4. The molecule has 1 unspecified atom stereocenters. The molecule has 0 aliphatic heterocycles. The lowest BCUT2D eigenvalue weighted by Gasteiger charge is -2.05. The molecule has 1 aromatic carbocycles. The Morgan fingerprint density at radius 2 is 2.11 bits per heavy atom. The van der Waals surface area contributed by atoms with Crippen LogP contribution in [-0.4, -0.2) is 9.67 Å². The summed E-state index contributed by atoms with van der Waals surface area (Å²) in [7, 11) is 0. The maximum Gasteiger partial charge on any atom is 0.0802 e. The second-order valence-electron chi connectivity index (χ2n) is 4.80. The zero-order chi connectivity index (χ0) is 13.2. The Morgan fingerprint density at radius 3 is 2.95 bits per heavy atom. The molecule has 0 aliphatic rings. The Balaban J connectivity index is 1.87. The van der Waals surface area contributed by atoms with Gasteiger partial charge in [0.15, 0.2) is 0 Å². The SMILES string of the molecule is CCC(O)c1ccn(Cc2csc3ccccc23)c1. The molecule has 0 aliphatic carbocycles. The van der Waals surface area contributed by atoms with Crippen molar-refractivity contribution in [3.05, 3.63) is 59.2 Å². The normalized spacial score (nSPS) is 12.9. The molecule has 19 heavy (non-hydrogen) atoms. The molecule has 0 saturated heterocycles. The molecule has 0 fully saturated rings. The Hall–Kier alpha value is -1.58. The monoisotopic (exact) mass is 271 g/mol. The van der Waals surface area contributed by atoms with E-state index in [2.05, 4.69) is 34.2 Å². The molecule has 2 aromatic heterocycles. The van der Waals surface area contributed by atoms with Gasteiger partial charge in [-0.3, -0.25) is 0 Å². The number of nitrogens with zero attached hydrogens (tertiary/aromatic N) is 1. The van der Waals surface area contributed by atoms with Crippen molar-refractivity contribution >= 4 is 21.4 Å². The van der Waals surface area contributed by atoms with Crippen molar-refractivity contribution in [3.63, 3.8) is 0 Å². The van der Waals surface area contributed by atoms with E-state index >= 15 is 0 Å². The first-order chi connectivity index (χ1) is 9.28. The van der Waals surface area contributed by atoms with E-state index in [0.29, 0.717) is 0 Å². The van der Waals surface area contributed by atoms with Gasteiger partial charge in [0, 0.05) is 23.6 Å². The highest BCUT2D eigenvalue weighted by Crippen LogP contribution is 2.26. The van der Waals surface area contributed by atoms with Gasteiger partial charge in [-0.2, -0.15) is 0 Å². The van der Waals surface area contributed by atoms with Crippen LogP contribution < -0.4 is 0 Å². The summed E-state index contributed by atoms with van der Waals surface area (Å²) in [5.41, 5.74) is 2.34. The summed E-state index contributed by atoms with van der Waals surface area (Å²) in [6.07, 6.45) is 4.49. The molecule has 2 nitrogen and oxygen atoms in total. The smallest absolute Gasteiger partial charge is 0.0802 e. The Morgan fingerprint density at radius 1 is 1.26 bits per heavy atom. The van der Waals surface area contributed by atoms with Gasteiger partial charge in [0.1, 0.15) is 0 Å². The zero-order valence-electron chi connectivity index (χ0n) is 10.9. The van der Waals surface area contributed by atoms with E-state index in [1.165, 1.54) is 15.6 Å². The first kappa shape index (κ1) is 12.5. The number of aliphatic hydroxyl groups excluding tert-OH is 1. The minimum atomic E-state index is -0.347. The fraction of sp³-hybridized carbons (Fsp3) is 0.250. The molecule has 1 N–H and O–H groups in total. The van der Waals surface area contributed by atoms with E-state index in [9.17, 15) is 5.11 Å². The first-order valence-corrected chi connectivity index (χ1v) is 7.44. The van der Waals surface area contributed by atoms with Crippen LogP contribution in [-0.2, 0) is 6.54 Å². The zero-order valence-corrected chi connectivity index (χ0v) is 11.7. The number of fused-ring (bicyclic) bond motifs is 1. The van der Waals surface area contributed by atoms with E-state index in [4.69, 9.17) is 0 Å². The summed E-state index contributed by atoms with van der Waals surface area (Å²) in [6.45, 7) is 2.86. The summed E-state index contributed by atoms with van der Waals surface area (Å²) in [5.74, 6) is 0. The first-order valence-electron chi connectivity index (χ1n) is 6.56. The Labute approximate surface area is 116 Å². The van der Waals surface area contributed by atoms with Crippen LogP contribution in [0.15, 0.2) is 48.1 Å². The number of aromatic nitrogens is 1. The number of benzene rings is 1. The Kier molecular flexibility index (Phi) is 3.40. The predicted molar refractivity (Wildman–Crippen MR) is 80.6 cm³/mol. The van der Waals surface area contributed by atoms with Crippen molar-refractivity contribution in [1.82, 2.24) is 4.57 Å². The molecule has 1 atom stereocenters. The molecular formula is C16H17NOS. The standard InChI is InChI=1S/C16H17NOS/c1-2-15(18)12-7-8-17(9-12)10-13-11-19-16-6-4-3-5-14(13)16/h3-9,11,15,18H,2,10H2,1H3. The molecule has 3 rings (SSSR count). The third-order valence-electron chi connectivity index (χ3n) is 3.46. The maximum atomic E-state index is 9.83. The molecule has 0 bridgehead atoms. The highest BCUT2D eigenvalue weighted by Gasteiger charge is 2.08. The highest BCUT2D eigenvalue weighted by atomic mass is 32.1. The van der Waals surface area contributed by atoms with Crippen LogP contribution in [0.1, 0.15) is 30.6 Å². The van der Waals surface area contributed by atoms with Crippen molar-refractivity contribution < 1.29 is 5.11 Å². The number of hydrogen-bond donors (Lipinski definition) is 1. The van der Waals surface area contributed by atoms with Gasteiger partial charge >= 0.3 is 0 Å². The molecule has 0 spiro atoms. The second-order valence-corrected chi connectivity index (χ2v) is 5.71. The molecule has 0 radical (unpaired) electrons. The molecular weight excluding hydrogens is 254 g/mol. The van der Waals surface area contributed by atoms with E-state index in [1.807, 2.05) is 25.4 Å². The van der Waals surface area contributed by atoms with Crippen molar-refractivity contribution in [2.24, 2.45) is 0 Å². The van der Waals surface area contributed by atoms with Gasteiger partial charge in [0.2, 0.25) is 0 Å². The number of thiophene rings is 1. The van der Waals surface area contributed by atoms with Crippen LogP contribution in [0, 0.1) is 0 Å². The van der Waals surface area contributed by atoms with Gasteiger partial charge < -0.3 is 9.67 Å². The quantitative estimate of drug-likeness (QED) is 0.756. The van der Waals surface area contributed by atoms with Gasteiger partial charge in [0.05, 0.1) is 6.10 Å². The lowest BCUT2D eigenvalue weighted by atomic mass is 10.1. The largest absolute Gasteiger partial charge is 0.388 e. The van der Waals surface area contributed by atoms with E-state index in [-0.39, 0.29) is 6.10 Å². The summed E-state index contributed by atoms with van der Waals surface area (Å²) in [4.78, 5) is 0. The predicted octanol–water partition coefficient (Wildman–Crippen LogP) is 4.19. The average Bonchev–Trinajstić information content (AvgIpc) is 3.06. The van der Waals surface area contributed by atoms with Crippen molar-refractivity contribution in [1.29, 1.82) is 0 Å². The lowest BCUT2D eigenvalue weighted by molar-refractivity contribution is 0.173. The number of rotatable bonds is 4. The van der Waals surface area contributed by atoms with Gasteiger partial charge in [-0.05, 0) is 40.4 Å². The summed E-state index contributed by atoms with van der Waals surface area (Å²) < 4.78 is 3.47. The van der Waals surface area contributed by atoms with E-state index in [0.717, 1.165) is 18.5 Å². The third kappa shape index (κ3) is 2.44. The van der Waals surface area contributed by atoms with E-state index < -0.39 is 0 Å². The van der Waals surface area contributed by atoms with E-state index in [1.54, 1.807) is 11.3 Å². The van der Waals surface area contributed by atoms with Crippen LogP contribution in [0.3, 0.4) is 0 Å². The number of hydrogen-bond acceptors (Lipinski definition) is 2. The van der Waals surface area contributed by atoms with Gasteiger partial charge in [0.25, 0.3) is 0 Å². The topological polar surface area (TPSA) is 25.2 Å². The lowest BCUT2D eigenvalue weighted by Crippen LogP contribution is -1.97. The third-order valence-corrected chi connectivity index (χ3v) is 4.47. The van der Waals surface area contributed by atoms with Crippen LogP contribution in [0.2, 0.25) is 0 Å². The van der Waals surface area contributed by atoms with Gasteiger partial charge in [-0.25, -0.2) is 0 Å². The summed E-state index contributed by atoms with van der Waals surface area (Å²) >= 11 is 1.79. The fourth-order valence-corrected chi connectivity index (χ4v) is 3.30.